The second-order valence-corrected chi connectivity index (χ2v) is 8.68. The topological polar surface area (TPSA) is 55.6 Å². The van der Waals surface area contributed by atoms with Gasteiger partial charge in [0.2, 0.25) is 5.91 Å². The molecular weight excluding hydrogens is 384 g/mol. The molecule has 5 heteroatoms. The molecule has 0 radical (unpaired) electrons. The molecule has 1 aliphatic carbocycles. The van der Waals surface area contributed by atoms with Crippen LogP contribution in [-0.4, -0.2) is 37.0 Å². The van der Waals surface area contributed by atoms with Crippen molar-refractivity contribution in [1.29, 1.82) is 0 Å². The van der Waals surface area contributed by atoms with E-state index in [1.165, 1.54) is 11.1 Å². The molecule has 2 atom stereocenters. The van der Waals surface area contributed by atoms with Crippen LogP contribution in [0.25, 0.3) is 0 Å². The lowest BCUT2D eigenvalue weighted by molar-refractivity contribution is -0.134. The number of hydrogen-bond acceptors (Lipinski definition) is 3. The molecule has 3 aliphatic rings. The fourth-order valence-corrected chi connectivity index (χ4v) is 5.46. The Kier molecular flexibility index (Phi) is 5.34. The highest BCUT2D eigenvalue weighted by molar-refractivity contribution is 5.85. The number of rotatable bonds is 3. The first kappa shape index (κ1) is 20.2. The van der Waals surface area contributed by atoms with Gasteiger partial charge < -0.3 is 15.4 Å². The molecule has 2 heterocycles. The van der Waals surface area contributed by atoms with Gasteiger partial charge in [0.15, 0.2) is 0 Å². The molecule has 2 aliphatic heterocycles. The number of amides is 1. The van der Waals surface area contributed by atoms with E-state index in [4.69, 9.17) is 10.5 Å². The van der Waals surface area contributed by atoms with Crippen LogP contribution in [0.5, 0.6) is 5.75 Å². The molecular formula is C24H29ClN2O2. The van der Waals surface area contributed by atoms with Crippen molar-refractivity contribution < 1.29 is 9.53 Å². The summed E-state index contributed by atoms with van der Waals surface area (Å²) >= 11 is 0. The first-order valence-corrected chi connectivity index (χ1v) is 10.5. The second-order valence-electron chi connectivity index (χ2n) is 8.68. The van der Waals surface area contributed by atoms with E-state index in [1.54, 1.807) is 0 Å². The van der Waals surface area contributed by atoms with Gasteiger partial charge in [0.25, 0.3) is 0 Å². The minimum atomic E-state index is 0. The Bertz CT molecular complexity index is 879. The van der Waals surface area contributed by atoms with Gasteiger partial charge in [-0.3, -0.25) is 4.79 Å². The molecule has 0 bridgehead atoms. The van der Waals surface area contributed by atoms with Crippen molar-refractivity contribution in [3.05, 3.63) is 65.7 Å². The molecule has 1 spiro atoms. The van der Waals surface area contributed by atoms with Gasteiger partial charge in [-0.05, 0) is 37.3 Å². The minimum Gasteiger partial charge on any atom is -0.493 e. The molecule has 1 amide bonds. The molecule has 0 aromatic heterocycles. The molecule has 2 aromatic rings. The van der Waals surface area contributed by atoms with Crippen LogP contribution in [-0.2, 0) is 15.6 Å². The SMILES string of the molecule is Cl.NCC1(c2ccccc2)CCN(C(=O)C2CC23CCOc2ccccc23)CC1. The van der Waals surface area contributed by atoms with Crippen LogP contribution in [0.3, 0.4) is 0 Å². The van der Waals surface area contributed by atoms with Crippen LogP contribution >= 0.6 is 12.4 Å². The highest BCUT2D eigenvalue weighted by atomic mass is 35.5. The Morgan fingerprint density at radius 1 is 1.03 bits per heavy atom. The smallest absolute Gasteiger partial charge is 0.226 e. The van der Waals surface area contributed by atoms with E-state index in [0.717, 1.165) is 44.5 Å². The van der Waals surface area contributed by atoms with Gasteiger partial charge in [-0.15, -0.1) is 12.4 Å². The lowest BCUT2D eigenvalue weighted by Gasteiger charge is -2.42. The maximum Gasteiger partial charge on any atom is 0.226 e. The van der Waals surface area contributed by atoms with Gasteiger partial charge in [-0.25, -0.2) is 0 Å². The van der Waals surface area contributed by atoms with Gasteiger partial charge >= 0.3 is 0 Å². The van der Waals surface area contributed by atoms with Crippen molar-refractivity contribution in [2.24, 2.45) is 11.7 Å². The number of ether oxygens (including phenoxy) is 1. The third-order valence-electron chi connectivity index (χ3n) is 7.41. The Balaban J connectivity index is 0.00000205. The summed E-state index contributed by atoms with van der Waals surface area (Å²) in [6, 6.07) is 18.8. The van der Waals surface area contributed by atoms with Crippen LogP contribution < -0.4 is 10.5 Å². The average Bonchev–Trinajstić information content (AvgIpc) is 3.48. The summed E-state index contributed by atoms with van der Waals surface area (Å²) in [5.41, 5.74) is 8.77. The first-order chi connectivity index (χ1) is 13.7. The van der Waals surface area contributed by atoms with E-state index in [1.807, 2.05) is 18.2 Å². The van der Waals surface area contributed by atoms with Crippen molar-refractivity contribution >= 4 is 18.3 Å². The zero-order valence-electron chi connectivity index (χ0n) is 16.7. The molecule has 1 saturated heterocycles. The molecule has 2 fully saturated rings. The van der Waals surface area contributed by atoms with E-state index in [0.29, 0.717) is 19.1 Å². The minimum absolute atomic E-state index is 0. The summed E-state index contributed by atoms with van der Waals surface area (Å²) in [6.45, 7) is 2.95. The number of carbonyl (C=O) groups is 1. The Morgan fingerprint density at radius 3 is 2.45 bits per heavy atom. The maximum atomic E-state index is 13.3. The Morgan fingerprint density at radius 2 is 1.72 bits per heavy atom. The number of nitrogens with zero attached hydrogens (tertiary/aromatic N) is 1. The summed E-state index contributed by atoms with van der Waals surface area (Å²) in [5, 5.41) is 0. The van der Waals surface area contributed by atoms with Crippen LogP contribution in [0.2, 0.25) is 0 Å². The quantitative estimate of drug-likeness (QED) is 0.836. The predicted molar refractivity (Wildman–Crippen MR) is 117 cm³/mol. The average molecular weight is 413 g/mol. The molecule has 1 saturated carbocycles. The van der Waals surface area contributed by atoms with Gasteiger partial charge in [-0.1, -0.05) is 48.5 Å². The number of hydrogen-bond donors (Lipinski definition) is 1. The molecule has 2 N–H and O–H groups in total. The third-order valence-corrected chi connectivity index (χ3v) is 7.41. The summed E-state index contributed by atoms with van der Waals surface area (Å²) in [4.78, 5) is 15.4. The van der Waals surface area contributed by atoms with E-state index >= 15 is 0 Å². The van der Waals surface area contributed by atoms with Crippen LogP contribution in [0.4, 0.5) is 0 Å². The van der Waals surface area contributed by atoms with E-state index in [-0.39, 0.29) is 29.2 Å². The van der Waals surface area contributed by atoms with Crippen molar-refractivity contribution in [2.45, 2.75) is 36.5 Å². The Labute approximate surface area is 178 Å². The summed E-state index contributed by atoms with van der Waals surface area (Å²) in [5.74, 6) is 1.41. The molecule has 2 aromatic carbocycles. The van der Waals surface area contributed by atoms with Crippen LogP contribution in [0.15, 0.2) is 54.6 Å². The van der Waals surface area contributed by atoms with Gasteiger partial charge in [0.1, 0.15) is 5.75 Å². The van der Waals surface area contributed by atoms with Crippen LogP contribution in [0.1, 0.15) is 36.8 Å². The number of piperidine rings is 1. The largest absolute Gasteiger partial charge is 0.493 e. The summed E-state index contributed by atoms with van der Waals surface area (Å²) in [7, 11) is 0. The fourth-order valence-electron chi connectivity index (χ4n) is 5.46. The number of fused-ring (bicyclic) bond motifs is 2. The number of carbonyl (C=O) groups excluding carboxylic acids is 1. The summed E-state index contributed by atoms with van der Waals surface area (Å²) < 4.78 is 5.82. The van der Waals surface area contributed by atoms with E-state index in [9.17, 15) is 4.79 Å². The molecule has 29 heavy (non-hydrogen) atoms. The van der Waals surface area contributed by atoms with Gasteiger partial charge in [0.05, 0.1) is 6.61 Å². The molecule has 4 nitrogen and oxygen atoms in total. The zero-order chi connectivity index (χ0) is 19.2. The van der Waals surface area contributed by atoms with Crippen molar-refractivity contribution in [3.8, 4) is 5.75 Å². The number of para-hydroxylation sites is 1. The normalized spacial score (nSPS) is 26.8. The predicted octanol–water partition coefficient (Wildman–Crippen LogP) is 3.67. The number of halogens is 1. The lowest BCUT2D eigenvalue weighted by Crippen LogP contribution is -2.49. The highest BCUT2D eigenvalue weighted by Crippen LogP contribution is 2.61. The molecule has 5 rings (SSSR count). The maximum absolute atomic E-state index is 13.3. The molecule has 2 unspecified atom stereocenters. The van der Waals surface area contributed by atoms with Crippen LogP contribution in [0, 0.1) is 5.92 Å². The fraction of sp³-hybridized carbons (Fsp3) is 0.458. The Hall–Kier alpha value is -2.04. The third kappa shape index (κ3) is 3.23. The first-order valence-electron chi connectivity index (χ1n) is 10.5. The van der Waals surface area contributed by atoms with Crippen molar-refractivity contribution in [1.82, 2.24) is 4.90 Å². The lowest BCUT2D eigenvalue weighted by atomic mass is 9.72. The van der Waals surface area contributed by atoms with Gasteiger partial charge in [0, 0.05) is 41.9 Å². The van der Waals surface area contributed by atoms with Crippen molar-refractivity contribution in [2.75, 3.05) is 26.2 Å². The number of benzene rings is 2. The van der Waals surface area contributed by atoms with E-state index < -0.39 is 0 Å². The zero-order valence-corrected chi connectivity index (χ0v) is 17.5. The van der Waals surface area contributed by atoms with Crippen molar-refractivity contribution in [3.63, 3.8) is 0 Å². The van der Waals surface area contributed by atoms with Gasteiger partial charge in [-0.2, -0.15) is 0 Å². The second kappa shape index (κ2) is 7.66. The number of likely N-dealkylation sites (tertiary alicyclic amines) is 1. The standard InChI is InChI=1S/C24H28N2O2.ClH/c25-17-23(18-6-2-1-3-7-18)10-13-26(14-11-23)22(27)20-16-24(20)12-15-28-21-9-5-4-8-19(21)24;/h1-9,20H,10-17,25H2;1H. The summed E-state index contributed by atoms with van der Waals surface area (Å²) in [6.07, 6.45) is 3.80. The monoisotopic (exact) mass is 412 g/mol. The highest BCUT2D eigenvalue weighted by Gasteiger charge is 2.62. The number of nitrogens with two attached hydrogens (primary N) is 1. The molecule has 154 valence electrons. The van der Waals surface area contributed by atoms with E-state index in [2.05, 4.69) is 41.3 Å².